The second-order valence-corrected chi connectivity index (χ2v) is 2.58. The van der Waals surface area contributed by atoms with Gasteiger partial charge in [0.1, 0.15) is 0 Å². The van der Waals surface area contributed by atoms with Crippen LogP contribution in [0.5, 0.6) is 0 Å². The van der Waals surface area contributed by atoms with Crippen molar-refractivity contribution in [3.05, 3.63) is 30.7 Å². The van der Waals surface area contributed by atoms with Gasteiger partial charge in [0.2, 0.25) is 0 Å². The maximum absolute atomic E-state index is 5.21. The number of hydrogen-bond acceptors (Lipinski definition) is 2. The second kappa shape index (κ2) is 3.20. The average Bonchev–Trinajstić information content (AvgIpc) is 2.04. The molecule has 2 nitrogen and oxygen atoms in total. The highest BCUT2D eigenvalue weighted by molar-refractivity contribution is 5.24. The lowest BCUT2D eigenvalue weighted by Gasteiger charge is -2.29. The predicted octanol–water partition coefficient (Wildman–Crippen LogP) is 1.70. The number of methoxy groups -OCH3 is 2. The smallest absolute Gasteiger partial charge is 0.191 e. The van der Waals surface area contributed by atoms with E-state index in [0.29, 0.717) is 6.42 Å². The number of allylic oxidation sites excluding steroid dienone is 2. The second-order valence-electron chi connectivity index (χ2n) is 2.58. The van der Waals surface area contributed by atoms with Gasteiger partial charge in [0.25, 0.3) is 0 Å². The highest BCUT2D eigenvalue weighted by Gasteiger charge is 2.27. The van der Waals surface area contributed by atoms with E-state index in [4.69, 9.17) is 9.47 Å². The Morgan fingerprint density at radius 3 is 2.45 bits per heavy atom. The Balaban J connectivity index is 2.75. The van der Waals surface area contributed by atoms with E-state index in [1.54, 1.807) is 14.2 Å². The summed E-state index contributed by atoms with van der Waals surface area (Å²) in [6.07, 6.45) is 6.45. The SMILES string of the molecule is [CH2]C1=CC=CC(OC)(OC)C1. The molecule has 0 unspecified atom stereocenters. The first-order chi connectivity index (χ1) is 5.22. The van der Waals surface area contributed by atoms with Crippen molar-refractivity contribution in [3.63, 3.8) is 0 Å². The van der Waals surface area contributed by atoms with Gasteiger partial charge in [-0.2, -0.15) is 0 Å². The van der Waals surface area contributed by atoms with Crippen LogP contribution in [0.2, 0.25) is 0 Å². The summed E-state index contributed by atoms with van der Waals surface area (Å²) in [5, 5.41) is 0. The van der Waals surface area contributed by atoms with Crippen LogP contribution in [0.4, 0.5) is 0 Å². The van der Waals surface area contributed by atoms with E-state index in [0.717, 1.165) is 5.57 Å². The zero-order valence-corrected chi connectivity index (χ0v) is 6.96. The summed E-state index contributed by atoms with van der Waals surface area (Å²) in [5.41, 5.74) is 1.02. The molecule has 1 rings (SSSR count). The van der Waals surface area contributed by atoms with E-state index in [1.807, 2.05) is 18.2 Å². The monoisotopic (exact) mass is 153 g/mol. The molecule has 1 aliphatic carbocycles. The van der Waals surface area contributed by atoms with Crippen molar-refractivity contribution in [1.29, 1.82) is 0 Å². The minimum Gasteiger partial charge on any atom is -0.349 e. The standard InChI is InChI=1S/C9H13O2/c1-8-5-4-6-9(7-8,10-2)11-3/h4-6H,1,7H2,2-3H3. The molecule has 0 spiro atoms. The Kier molecular flexibility index (Phi) is 2.47. The van der Waals surface area contributed by atoms with Crippen molar-refractivity contribution in [3.8, 4) is 0 Å². The Labute approximate surface area is 67.5 Å². The molecule has 61 valence electrons. The van der Waals surface area contributed by atoms with Crippen LogP contribution in [0.3, 0.4) is 0 Å². The summed E-state index contributed by atoms with van der Waals surface area (Å²) in [7, 11) is 3.26. The fraction of sp³-hybridized carbons (Fsp3) is 0.444. The molecule has 0 amide bonds. The molecule has 0 aromatic rings. The summed E-state index contributed by atoms with van der Waals surface area (Å²) in [6.45, 7) is 3.84. The van der Waals surface area contributed by atoms with Gasteiger partial charge in [-0.25, -0.2) is 0 Å². The molecule has 0 atom stereocenters. The molecule has 0 aromatic heterocycles. The van der Waals surface area contributed by atoms with Crippen molar-refractivity contribution >= 4 is 0 Å². The molecule has 2 heteroatoms. The molecule has 0 bridgehead atoms. The topological polar surface area (TPSA) is 18.5 Å². The van der Waals surface area contributed by atoms with Crippen LogP contribution in [0, 0.1) is 6.92 Å². The molecule has 0 aliphatic heterocycles. The van der Waals surface area contributed by atoms with Crippen LogP contribution in [-0.4, -0.2) is 20.0 Å². The largest absolute Gasteiger partial charge is 0.349 e. The van der Waals surface area contributed by atoms with Crippen molar-refractivity contribution < 1.29 is 9.47 Å². The van der Waals surface area contributed by atoms with Gasteiger partial charge >= 0.3 is 0 Å². The minimum atomic E-state index is -0.578. The average molecular weight is 153 g/mol. The summed E-state index contributed by atoms with van der Waals surface area (Å²) >= 11 is 0. The van der Waals surface area contributed by atoms with Crippen molar-refractivity contribution in [2.75, 3.05) is 14.2 Å². The Bertz CT molecular complexity index is 188. The van der Waals surface area contributed by atoms with Gasteiger partial charge in [-0.3, -0.25) is 0 Å². The first kappa shape index (κ1) is 8.50. The lowest BCUT2D eigenvalue weighted by atomic mass is 10.0. The maximum Gasteiger partial charge on any atom is 0.191 e. The third kappa shape index (κ3) is 1.70. The van der Waals surface area contributed by atoms with Crippen LogP contribution < -0.4 is 0 Å². The molecule has 0 saturated carbocycles. The molecular weight excluding hydrogens is 140 g/mol. The summed E-state index contributed by atoms with van der Waals surface area (Å²) in [4.78, 5) is 0. The van der Waals surface area contributed by atoms with Gasteiger partial charge < -0.3 is 9.47 Å². The molecule has 0 heterocycles. The van der Waals surface area contributed by atoms with Gasteiger partial charge in [0.15, 0.2) is 5.79 Å². The Morgan fingerprint density at radius 2 is 2.09 bits per heavy atom. The minimum absolute atomic E-state index is 0.578. The first-order valence-corrected chi connectivity index (χ1v) is 3.53. The number of ether oxygens (including phenoxy) is 2. The molecular formula is C9H13O2. The first-order valence-electron chi connectivity index (χ1n) is 3.53. The van der Waals surface area contributed by atoms with Gasteiger partial charge in [-0.1, -0.05) is 17.7 Å². The van der Waals surface area contributed by atoms with Gasteiger partial charge in [-0.05, 0) is 13.0 Å². The molecule has 1 aliphatic rings. The van der Waals surface area contributed by atoms with Crippen LogP contribution in [0.15, 0.2) is 23.8 Å². The number of hydrogen-bond donors (Lipinski definition) is 0. The molecule has 11 heavy (non-hydrogen) atoms. The van der Waals surface area contributed by atoms with Crippen molar-refractivity contribution in [2.45, 2.75) is 12.2 Å². The van der Waals surface area contributed by atoms with Gasteiger partial charge in [-0.15, -0.1) is 0 Å². The van der Waals surface area contributed by atoms with E-state index >= 15 is 0 Å². The zero-order valence-electron chi connectivity index (χ0n) is 6.96. The molecule has 0 fully saturated rings. The Hall–Kier alpha value is -0.600. The predicted molar refractivity (Wildman–Crippen MR) is 43.9 cm³/mol. The van der Waals surface area contributed by atoms with Crippen LogP contribution in [-0.2, 0) is 9.47 Å². The maximum atomic E-state index is 5.21. The van der Waals surface area contributed by atoms with E-state index < -0.39 is 5.79 Å². The summed E-state index contributed by atoms with van der Waals surface area (Å²) in [5.74, 6) is -0.578. The third-order valence-electron chi connectivity index (χ3n) is 1.85. The van der Waals surface area contributed by atoms with E-state index in [-0.39, 0.29) is 0 Å². The normalized spacial score (nSPS) is 21.5. The summed E-state index contributed by atoms with van der Waals surface area (Å²) in [6, 6.07) is 0. The highest BCUT2D eigenvalue weighted by atomic mass is 16.7. The lowest BCUT2D eigenvalue weighted by Crippen LogP contribution is -2.32. The van der Waals surface area contributed by atoms with Gasteiger partial charge in [0.05, 0.1) is 0 Å². The summed E-state index contributed by atoms with van der Waals surface area (Å²) < 4.78 is 10.4. The fourth-order valence-electron chi connectivity index (χ4n) is 1.13. The molecule has 1 radical (unpaired) electrons. The van der Waals surface area contributed by atoms with E-state index in [9.17, 15) is 0 Å². The lowest BCUT2D eigenvalue weighted by molar-refractivity contribution is -0.168. The third-order valence-corrected chi connectivity index (χ3v) is 1.85. The number of rotatable bonds is 2. The fourth-order valence-corrected chi connectivity index (χ4v) is 1.13. The van der Waals surface area contributed by atoms with Crippen LogP contribution in [0.25, 0.3) is 0 Å². The van der Waals surface area contributed by atoms with Crippen LogP contribution in [0.1, 0.15) is 6.42 Å². The Morgan fingerprint density at radius 1 is 1.45 bits per heavy atom. The van der Waals surface area contributed by atoms with Crippen LogP contribution >= 0.6 is 0 Å². The molecule has 0 N–H and O–H groups in total. The molecule has 0 saturated heterocycles. The van der Waals surface area contributed by atoms with Crippen molar-refractivity contribution in [2.24, 2.45) is 0 Å². The molecule has 0 aromatic carbocycles. The van der Waals surface area contributed by atoms with E-state index in [1.165, 1.54) is 0 Å². The van der Waals surface area contributed by atoms with Gasteiger partial charge in [0, 0.05) is 20.6 Å². The zero-order chi connectivity index (χ0) is 8.32. The quantitative estimate of drug-likeness (QED) is 0.562. The van der Waals surface area contributed by atoms with E-state index in [2.05, 4.69) is 6.92 Å². The van der Waals surface area contributed by atoms with Crippen molar-refractivity contribution in [1.82, 2.24) is 0 Å². The highest BCUT2D eigenvalue weighted by Crippen LogP contribution is 2.26.